The molecule has 146 heavy (non-hydrogen) atoms. The van der Waals surface area contributed by atoms with E-state index in [4.69, 9.17) is 25.5 Å². The topological polar surface area (TPSA) is 408 Å². The van der Waals surface area contributed by atoms with Gasteiger partial charge in [0.25, 0.3) is 5.91 Å². The number of ether oxygens (including phenoxy) is 4. The van der Waals surface area contributed by atoms with E-state index >= 15 is 0 Å². The molecular formula is C111H111N13O18S4. The molecule has 0 aliphatic carbocycles. The molecule has 12 aromatic carbocycles. The zero-order valence-electron chi connectivity index (χ0n) is 82.3. The Bertz CT molecular complexity index is 7500. The smallest absolute Gasteiger partial charge is 0.253 e. The fraction of sp³-hybridized carbons (Fsp3) is 0.270. The first-order valence-corrected chi connectivity index (χ1v) is 52.8. The molecule has 4 fully saturated rings. The molecule has 4 saturated heterocycles. The minimum absolute atomic E-state index is 0.0266. The number of carbonyl (C=O) groups excluding carboxylic acids is 4. The Morgan fingerprint density at radius 1 is 0.288 bits per heavy atom. The lowest BCUT2D eigenvalue weighted by Gasteiger charge is -2.34. The van der Waals surface area contributed by atoms with Crippen molar-refractivity contribution in [1.29, 1.82) is 21.0 Å². The molecule has 0 radical (unpaired) electrons. The number of piperazine rings is 4. The number of aryl methyl sites for hydroxylation is 9. The zero-order chi connectivity index (χ0) is 105. The van der Waals surface area contributed by atoms with Crippen molar-refractivity contribution in [3.8, 4) is 70.3 Å². The summed E-state index contributed by atoms with van der Waals surface area (Å²) in [4.78, 5) is 60.9. The highest BCUT2D eigenvalue weighted by Gasteiger charge is 2.39. The van der Waals surface area contributed by atoms with Crippen LogP contribution in [0.4, 0.5) is 5.69 Å². The molecule has 4 heterocycles. The molecule has 4 aliphatic heterocycles. The lowest BCUT2D eigenvalue weighted by Crippen LogP contribution is -2.50. The van der Waals surface area contributed by atoms with Gasteiger partial charge in [-0.2, -0.15) is 38.3 Å². The summed E-state index contributed by atoms with van der Waals surface area (Å²) in [5.41, 5.74) is 14.9. The summed E-state index contributed by atoms with van der Waals surface area (Å²) in [7, 11) is -15.9. The van der Waals surface area contributed by atoms with E-state index in [1.807, 2.05) is 196 Å². The number of rotatable bonds is 25. The van der Waals surface area contributed by atoms with E-state index in [0.717, 1.165) is 72.3 Å². The average molecular weight is 2040 g/mol. The number of carbonyl (C=O) groups is 4. The van der Waals surface area contributed by atoms with Crippen molar-refractivity contribution in [3.63, 3.8) is 0 Å². The van der Waals surface area contributed by atoms with Gasteiger partial charge in [-0.3, -0.25) is 19.2 Å². The van der Waals surface area contributed by atoms with E-state index in [1.165, 1.54) is 84.0 Å². The Labute approximate surface area is 852 Å². The summed E-state index contributed by atoms with van der Waals surface area (Å²) < 4.78 is 138. The summed E-state index contributed by atoms with van der Waals surface area (Å²) >= 11 is 0. The molecule has 752 valence electrons. The lowest BCUT2D eigenvalue weighted by atomic mass is 10.1. The highest BCUT2D eigenvalue weighted by molar-refractivity contribution is 7.90. The van der Waals surface area contributed by atoms with Gasteiger partial charge in [-0.05, 0) is 268 Å². The number of amides is 4. The molecule has 0 bridgehead atoms. The Morgan fingerprint density at radius 2 is 0.507 bits per heavy atom. The predicted octanol–water partition coefficient (Wildman–Crippen LogP) is 16.1. The number of hydrogen-bond donors (Lipinski definition) is 2. The van der Waals surface area contributed by atoms with Crippen LogP contribution in [0.5, 0.6) is 46.0 Å². The van der Waals surface area contributed by atoms with Gasteiger partial charge in [-0.25, -0.2) is 38.5 Å². The number of aliphatic hydroxyl groups excluding tert-OH is 2. The first-order chi connectivity index (χ1) is 69.7. The van der Waals surface area contributed by atoms with Crippen LogP contribution in [0.15, 0.2) is 262 Å². The van der Waals surface area contributed by atoms with E-state index < -0.39 is 40.1 Å². The van der Waals surface area contributed by atoms with Gasteiger partial charge < -0.3 is 48.8 Å². The standard InChI is InChI=1S/C28H26N4O4S.C28H29N3O5S.C28H29N3O4S.C27H27N3O5S/c1-20-14-21(2)16-25(15-20)36-26-9-6-23(19-29)17-27(26)37(34,35)32-12-10-31(11-13-32)28(33)18-22-4-7-24(30-3)8-5-22;1-20-13-21(2)15-25(14-20)36-26-8-7-24(18-29)16-27(26)37(34,35)31-11-9-30(10-12-31)28(33)17-22-3-5-23(19-32)6-4-22;1-20-4-6-23(7-5-20)18-28(32)30-10-12-31(13-11-30)36(33,34)27-17-24(19-29)8-9-26(27)35-25-15-21(2)14-22(3)16-25;1-19-13-20(2)15-24(14-19)35-25-8-5-22(17-28)16-26(25)36(33,34)30-11-9-29(10-12-30)27(32)23-6-3-21(18-31)4-7-23/h4-9,14-17H,10-13,18H2,1-2H3;3-8,13-16,32H,9-12,17,19H2,1-2H3;4-9,14-17H,10-13,18H2,1-3H3;3-8,13-16,31H,9-12,18H2,1-2H3. The van der Waals surface area contributed by atoms with Gasteiger partial charge in [-0.1, -0.05) is 115 Å². The number of nitrogens with zero attached hydrogens (tertiary/aromatic N) is 13. The molecule has 0 aromatic heterocycles. The Kier molecular flexibility index (Phi) is 35.8. The van der Waals surface area contributed by atoms with Crippen molar-refractivity contribution in [2.24, 2.45) is 0 Å². The summed E-state index contributed by atoms with van der Waals surface area (Å²) in [6, 6.07) is 76.6. The molecule has 35 heteroatoms. The van der Waals surface area contributed by atoms with Gasteiger partial charge in [0.2, 0.25) is 57.8 Å². The second-order valence-electron chi connectivity index (χ2n) is 36.0. The van der Waals surface area contributed by atoms with Gasteiger partial charge in [0.1, 0.15) is 65.6 Å². The van der Waals surface area contributed by atoms with Crippen LogP contribution in [0.2, 0.25) is 0 Å². The second-order valence-corrected chi connectivity index (χ2v) is 43.6. The third-order valence-corrected chi connectivity index (χ3v) is 32.3. The van der Waals surface area contributed by atoms with Crippen LogP contribution in [0.1, 0.15) is 111 Å². The fourth-order valence-corrected chi connectivity index (χ4v) is 23.4. The molecule has 16 rings (SSSR count). The predicted molar refractivity (Wildman–Crippen MR) is 549 cm³/mol. The molecule has 12 aromatic rings. The molecule has 4 amide bonds. The number of benzene rings is 12. The average Bonchev–Trinajstić information content (AvgIpc) is 0.785. The van der Waals surface area contributed by atoms with Crippen LogP contribution in [0.25, 0.3) is 4.85 Å². The van der Waals surface area contributed by atoms with Crippen molar-refractivity contribution in [1.82, 2.24) is 36.8 Å². The zero-order valence-corrected chi connectivity index (χ0v) is 85.6. The van der Waals surface area contributed by atoms with Crippen molar-refractivity contribution in [2.75, 3.05) is 105 Å². The molecule has 31 nitrogen and oxygen atoms in total. The largest absolute Gasteiger partial charge is 0.456 e. The molecule has 4 aliphatic rings. The van der Waals surface area contributed by atoms with Gasteiger partial charge in [0, 0.05) is 110 Å². The van der Waals surface area contributed by atoms with Gasteiger partial charge in [0.15, 0.2) is 5.69 Å². The first-order valence-electron chi connectivity index (χ1n) is 47.0. The highest BCUT2D eigenvalue weighted by Crippen LogP contribution is 2.40. The van der Waals surface area contributed by atoms with E-state index in [-0.39, 0.29) is 213 Å². The number of aliphatic hydroxyl groups is 2. The lowest BCUT2D eigenvalue weighted by molar-refractivity contribution is -0.132. The number of hydrogen-bond acceptors (Lipinski definition) is 22. The number of sulfonamides is 4. The van der Waals surface area contributed by atoms with Crippen molar-refractivity contribution in [3.05, 3.63) is 360 Å². The molecule has 0 atom stereocenters. The maximum atomic E-state index is 13.6. The molecule has 2 N–H and O–H groups in total. The van der Waals surface area contributed by atoms with Gasteiger partial charge in [-0.15, -0.1) is 0 Å². The highest BCUT2D eigenvalue weighted by atomic mass is 32.2. The van der Waals surface area contributed by atoms with Crippen LogP contribution in [0.3, 0.4) is 0 Å². The van der Waals surface area contributed by atoms with Crippen molar-refractivity contribution >= 4 is 69.4 Å². The van der Waals surface area contributed by atoms with E-state index in [9.17, 15) is 84.1 Å². The summed E-state index contributed by atoms with van der Waals surface area (Å²) in [5, 5.41) is 55.9. The minimum Gasteiger partial charge on any atom is -0.456 e. The van der Waals surface area contributed by atoms with Crippen LogP contribution < -0.4 is 18.9 Å². The number of nitriles is 4. The van der Waals surface area contributed by atoms with Crippen LogP contribution >= 0.6 is 0 Å². The third-order valence-electron chi connectivity index (χ3n) is 24.6. The molecule has 0 spiro atoms. The SMILES string of the molecule is Cc1cc(C)cc(Oc2ccc(C#N)cc2S(=O)(=O)N2CCN(C(=O)Cc3ccc(CO)cc3)CC2)c1.Cc1cc(C)cc(Oc2ccc(C#N)cc2S(=O)(=O)N2CCN(C(=O)c3ccc(CO)cc3)CC2)c1.Cc1ccc(CC(=O)N2CCN(S(=O)(=O)c3cc(C#N)ccc3Oc3cc(C)cc(C)c3)CC2)cc1.[C-]#[N+]c1ccc(CC(=O)N2CCN(S(=O)(=O)c3cc(C#N)ccc3Oc3cc(C)cc(C)c3)CC2)cc1. The van der Waals surface area contributed by atoms with Crippen molar-refractivity contribution in [2.45, 2.75) is 114 Å². The summed E-state index contributed by atoms with van der Waals surface area (Å²) in [6.45, 7) is 27.5. The quantitative estimate of drug-likeness (QED) is 0.0502. The normalized spacial score (nSPS) is 14.2. The second kappa shape index (κ2) is 48.4. The van der Waals surface area contributed by atoms with Crippen LogP contribution in [-0.2, 0) is 87.0 Å². The third kappa shape index (κ3) is 27.8. The first kappa shape index (κ1) is 108. The van der Waals surface area contributed by atoms with E-state index in [1.54, 1.807) is 86.3 Å². The Morgan fingerprint density at radius 3 is 0.740 bits per heavy atom. The van der Waals surface area contributed by atoms with Gasteiger partial charge >= 0.3 is 0 Å². The maximum absolute atomic E-state index is 13.6. The van der Waals surface area contributed by atoms with Crippen molar-refractivity contribution < 1.29 is 82.0 Å². The fourth-order valence-electron chi connectivity index (χ4n) is 17.1. The van der Waals surface area contributed by atoms with E-state index in [2.05, 4.69) is 4.85 Å². The van der Waals surface area contributed by atoms with E-state index in [0.29, 0.717) is 52.9 Å². The molecule has 0 saturated carbocycles. The van der Waals surface area contributed by atoms with Gasteiger partial charge in [0.05, 0.1) is 85.6 Å². The minimum atomic E-state index is -4.00. The monoisotopic (exact) mass is 2040 g/mol. The summed E-state index contributed by atoms with van der Waals surface area (Å²) in [5.74, 6) is 2.26. The molecular weight excluding hydrogens is 1930 g/mol. The summed E-state index contributed by atoms with van der Waals surface area (Å²) in [6.07, 6.45) is 0.671. The Balaban J connectivity index is 0.000000163. The molecule has 0 unspecified atom stereocenters. The maximum Gasteiger partial charge on any atom is 0.253 e. The van der Waals surface area contributed by atoms with Crippen LogP contribution in [0, 0.1) is 114 Å². The Hall–Kier alpha value is -15.3. The van der Waals surface area contributed by atoms with Crippen LogP contribution in [-0.4, -0.2) is 209 Å².